The molecule has 0 aromatic heterocycles. The molecule has 0 spiro atoms. The van der Waals surface area contributed by atoms with Crippen molar-refractivity contribution in [1.29, 1.82) is 0 Å². The summed E-state index contributed by atoms with van der Waals surface area (Å²) in [6, 6.07) is 16.0. The van der Waals surface area contributed by atoms with Crippen LogP contribution in [0.3, 0.4) is 0 Å². The zero-order chi connectivity index (χ0) is 21.9. The molecule has 5 nitrogen and oxygen atoms in total. The van der Waals surface area contributed by atoms with Crippen LogP contribution in [0.1, 0.15) is 36.8 Å². The molecule has 2 aromatic rings. The second-order valence-corrected chi connectivity index (χ2v) is 9.62. The lowest BCUT2D eigenvalue weighted by Gasteiger charge is -2.43. The second-order valence-electron chi connectivity index (χ2n) is 8.81. The summed E-state index contributed by atoms with van der Waals surface area (Å²) in [6.45, 7) is 4.63. The van der Waals surface area contributed by atoms with Gasteiger partial charge in [0.25, 0.3) is 0 Å². The number of rotatable bonds is 6. The smallest absolute Gasteiger partial charge is 0.405 e. The zero-order valence-electron chi connectivity index (χ0n) is 17.5. The van der Waals surface area contributed by atoms with Gasteiger partial charge in [-0.25, -0.2) is 4.79 Å². The van der Waals surface area contributed by atoms with Gasteiger partial charge in [0.2, 0.25) is 0 Å². The minimum absolute atomic E-state index is 0.0571. The van der Waals surface area contributed by atoms with Gasteiger partial charge >= 0.3 is 6.09 Å². The maximum Gasteiger partial charge on any atom is 0.405 e. The van der Waals surface area contributed by atoms with Crippen molar-refractivity contribution in [3.05, 3.63) is 69.7 Å². The number of hydrogen-bond donors (Lipinski definition) is 3. The zero-order valence-corrected chi connectivity index (χ0v) is 19.1. The Balaban J connectivity index is 1.44. The van der Waals surface area contributed by atoms with Crippen LogP contribution in [0.4, 0.5) is 4.79 Å². The van der Waals surface area contributed by atoms with Crippen LogP contribution < -0.4 is 10.6 Å². The third-order valence-electron chi connectivity index (χ3n) is 7.06. The van der Waals surface area contributed by atoms with Crippen molar-refractivity contribution in [2.75, 3.05) is 32.7 Å². The number of carbonyl (C=O) groups is 1. The number of amides is 1. The Bertz CT molecular complexity index is 908. The molecule has 1 atom stereocenters. The highest BCUT2D eigenvalue weighted by atomic mass is 35.5. The van der Waals surface area contributed by atoms with Crippen molar-refractivity contribution in [2.45, 2.75) is 36.6 Å². The molecule has 0 saturated carbocycles. The van der Waals surface area contributed by atoms with Crippen LogP contribution in [-0.4, -0.2) is 48.8 Å². The molecule has 2 fully saturated rings. The largest absolute Gasteiger partial charge is 0.465 e. The highest BCUT2D eigenvalue weighted by molar-refractivity contribution is 6.42. The van der Waals surface area contributed by atoms with E-state index in [0.29, 0.717) is 10.0 Å². The van der Waals surface area contributed by atoms with E-state index >= 15 is 0 Å². The third-order valence-corrected chi connectivity index (χ3v) is 7.80. The average molecular weight is 462 g/mol. The highest BCUT2D eigenvalue weighted by Crippen LogP contribution is 2.38. The molecule has 166 valence electrons. The maximum absolute atomic E-state index is 11.5. The van der Waals surface area contributed by atoms with Crippen molar-refractivity contribution in [3.63, 3.8) is 0 Å². The first-order valence-electron chi connectivity index (χ1n) is 10.9. The van der Waals surface area contributed by atoms with Gasteiger partial charge in [-0.1, -0.05) is 59.6 Å². The Morgan fingerprint density at radius 1 is 1.03 bits per heavy atom. The van der Waals surface area contributed by atoms with Gasteiger partial charge in [0, 0.05) is 25.0 Å². The number of likely N-dealkylation sites (tertiary alicyclic amines) is 1. The van der Waals surface area contributed by atoms with E-state index in [1.165, 1.54) is 5.56 Å². The number of piperidine rings is 1. The summed E-state index contributed by atoms with van der Waals surface area (Å²) >= 11 is 12.5. The minimum Gasteiger partial charge on any atom is -0.465 e. The average Bonchev–Trinajstić information content (AvgIpc) is 3.26. The molecule has 3 N–H and O–H groups in total. The topological polar surface area (TPSA) is 64.6 Å². The lowest BCUT2D eigenvalue weighted by atomic mass is 9.76. The molecule has 0 radical (unpaired) electrons. The fourth-order valence-corrected chi connectivity index (χ4v) is 5.45. The van der Waals surface area contributed by atoms with Crippen LogP contribution in [0.15, 0.2) is 48.5 Å². The lowest BCUT2D eigenvalue weighted by molar-refractivity contribution is 0.116. The van der Waals surface area contributed by atoms with Crippen molar-refractivity contribution < 1.29 is 9.90 Å². The molecule has 31 heavy (non-hydrogen) atoms. The SMILES string of the molecule is O=C(O)NC1(c2ccccc2)CCN(CC[C@]2(c3ccc(Cl)c(Cl)c3)CCNC2)CC1. The Labute approximate surface area is 193 Å². The molecule has 0 unspecified atom stereocenters. The first-order chi connectivity index (χ1) is 14.9. The summed E-state index contributed by atoms with van der Waals surface area (Å²) in [5.41, 5.74) is 1.83. The Kier molecular flexibility index (Phi) is 6.77. The molecular formula is C24H29Cl2N3O2. The Hall–Kier alpha value is -1.79. The van der Waals surface area contributed by atoms with E-state index in [0.717, 1.165) is 64.0 Å². The van der Waals surface area contributed by atoms with Gasteiger partial charge in [-0.3, -0.25) is 0 Å². The van der Waals surface area contributed by atoms with Crippen molar-refractivity contribution >= 4 is 29.3 Å². The molecule has 2 aromatic carbocycles. The van der Waals surface area contributed by atoms with E-state index in [4.69, 9.17) is 23.2 Å². The molecule has 2 aliphatic heterocycles. The normalized spacial score (nSPS) is 23.5. The number of halogens is 2. The molecule has 7 heteroatoms. The van der Waals surface area contributed by atoms with Gasteiger partial charge in [0.15, 0.2) is 0 Å². The van der Waals surface area contributed by atoms with E-state index in [1.54, 1.807) is 0 Å². The van der Waals surface area contributed by atoms with Crippen LogP contribution in [0.25, 0.3) is 0 Å². The van der Waals surface area contributed by atoms with Crippen molar-refractivity contribution in [1.82, 2.24) is 15.5 Å². The second kappa shape index (κ2) is 9.37. The number of nitrogens with one attached hydrogen (secondary N) is 2. The van der Waals surface area contributed by atoms with E-state index in [-0.39, 0.29) is 5.41 Å². The predicted molar refractivity (Wildman–Crippen MR) is 125 cm³/mol. The number of nitrogens with zero attached hydrogens (tertiary/aromatic N) is 1. The summed E-state index contributed by atoms with van der Waals surface area (Å²) in [7, 11) is 0. The highest BCUT2D eigenvalue weighted by Gasteiger charge is 2.40. The molecule has 2 saturated heterocycles. The predicted octanol–water partition coefficient (Wildman–Crippen LogP) is 4.87. The van der Waals surface area contributed by atoms with Crippen LogP contribution in [0.5, 0.6) is 0 Å². The molecule has 4 rings (SSSR count). The number of carboxylic acid groups (broad SMARTS) is 1. The molecule has 0 aliphatic carbocycles. The van der Waals surface area contributed by atoms with Gasteiger partial charge in [0.05, 0.1) is 15.6 Å². The van der Waals surface area contributed by atoms with E-state index in [2.05, 4.69) is 21.6 Å². The molecule has 2 aliphatic rings. The van der Waals surface area contributed by atoms with E-state index in [9.17, 15) is 9.90 Å². The minimum atomic E-state index is -0.965. The van der Waals surface area contributed by atoms with Gasteiger partial charge in [-0.15, -0.1) is 0 Å². The van der Waals surface area contributed by atoms with E-state index < -0.39 is 11.6 Å². The van der Waals surface area contributed by atoms with E-state index in [1.807, 2.05) is 42.5 Å². The number of hydrogen-bond acceptors (Lipinski definition) is 3. The number of benzene rings is 2. The summed E-state index contributed by atoms with van der Waals surface area (Å²) in [6.07, 6.45) is 2.67. The first kappa shape index (κ1) is 22.4. The van der Waals surface area contributed by atoms with Crippen LogP contribution >= 0.6 is 23.2 Å². The van der Waals surface area contributed by atoms with Crippen molar-refractivity contribution in [2.24, 2.45) is 0 Å². The monoisotopic (exact) mass is 461 g/mol. The standard InChI is InChI=1S/C24H29Cl2N3O2/c25-20-7-6-19(16-21(20)26)23(8-12-27-17-23)9-13-29-14-10-24(11-15-29,28-22(30)31)18-4-2-1-3-5-18/h1-7,16,27-28H,8-15,17H2,(H,30,31)/t23-/m1/s1. The third kappa shape index (κ3) is 4.85. The van der Waals surface area contributed by atoms with Crippen molar-refractivity contribution in [3.8, 4) is 0 Å². The molecule has 2 heterocycles. The van der Waals surface area contributed by atoms with Gasteiger partial charge in [-0.2, -0.15) is 0 Å². The van der Waals surface area contributed by atoms with Gasteiger partial charge in [0.1, 0.15) is 0 Å². The molecule has 0 bridgehead atoms. The Morgan fingerprint density at radius 2 is 1.77 bits per heavy atom. The molecular weight excluding hydrogens is 433 g/mol. The first-order valence-corrected chi connectivity index (χ1v) is 11.6. The summed E-state index contributed by atoms with van der Waals surface area (Å²) in [5, 5.41) is 17.0. The van der Waals surface area contributed by atoms with Crippen LogP contribution in [-0.2, 0) is 11.0 Å². The lowest BCUT2D eigenvalue weighted by Crippen LogP contribution is -2.53. The summed E-state index contributed by atoms with van der Waals surface area (Å²) in [4.78, 5) is 14.0. The summed E-state index contributed by atoms with van der Waals surface area (Å²) < 4.78 is 0. The van der Waals surface area contributed by atoms with Crippen LogP contribution in [0, 0.1) is 0 Å². The Morgan fingerprint density at radius 3 is 2.39 bits per heavy atom. The van der Waals surface area contributed by atoms with Gasteiger partial charge < -0.3 is 20.6 Å². The fraction of sp³-hybridized carbons (Fsp3) is 0.458. The van der Waals surface area contributed by atoms with Gasteiger partial charge in [-0.05, 0) is 62.0 Å². The quantitative estimate of drug-likeness (QED) is 0.573. The maximum atomic E-state index is 11.5. The van der Waals surface area contributed by atoms with Crippen LogP contribution in [0.2, 0.25) is 10.0 Å². The fourth-order valence-electron chi connectivity index (χ4n) is 5.15. The summed E-state index contributed by atoms with van der Waals surface area (Å²) in [5.74, 6) is 0. The molecule has 1 amide bonds.